The van der Waals surface area contributed by atoms with Crippen molar-refractivity contribution in [3.05, 3.63) is 23.8 Å². The Hall–Kier alpha value is -0.563. The third-order valence-corrected chi connectivity index (χ3v) is 12.8. The molecule has 6 heteroatoms. The smallest absolute Gasteiger partial charge is 0.192 e. The first-order valence-corrected chi connectivity index (χ1v) is 14.8. The molecule has 1 aliphatic carbocycles. The first-order chi connectivity index (χ1) is 13.8. The number of ether oxygens (including phenoxy) is 3. The summed E-state index contributed by atoms with van der Waals surface area (Å²) in [5, 5.41) is 0.214. The summed E-state index contributed by atoms with van der Waals surface area (Å²) in [5.74, 6) is 1.86. The molecule has 0 saturated heterocycles. The van der Waals surface area contributed by atoms with Crippen LogP contribution in [-0.4, -0.2) is 40.1 Å². The fourth-order valence-electron chi connectivity index (χ4n) is 3.82. The lowest BCUT2D eigenvalue weighted by Gasteiger charge is -2.49. The van der Waals surface area contributed by atoms with Crippen LogP contribution < -0.4 is 9.47 Å². The molecule has 1 aliphatic rings. The zero-order valence-corrected chi connectivity index (χ0v) is 22.9. The number of rotatable bonds is 8. The van der Waals surface area contributed by atoms with E-state index in [9.17, 15) is 0 Å². The molecule has 1 aromatic rings. The number of hydrogen-bond acceptors (Lipinski definition) is 4. The Bertz CT molecular complexity index is 699. The maximum atomic E-state index is 6.81. The monoisotopic (exact) mass is 500 g/mol. The Morgan fingerprint density at radius 1 is 1.10 bits per heavy atom. The highest BCUT2D eigenvalue weighted by molar-refractivity contribution is 9.09. The normalized spacial score (nSPS) is 24.5. The second-order valence-electron chi connectivity index (χ2n) is 10.7. The maximum absolute atomic E-state index is 6.81. The molecule has 0 bridgehead atoms. The van der Waals surface area contributed by atoms with Gasteiger partial charge in [0, 0.05) is 10.7 Å². The Balaban J connectivity index is 2.04. The van der Waals surface area contributed by atoms with Gasteiger partial charge < -0.3 is 18.6 Å². The largest absolute Gasteiger partial charge is 0.493 e. The van der Waals surface area contributed by atoms with E-state index in [1.165, 1.54) is 0 Å². The lowest BCUT2D eigenvalue weighted by atomic mass is 9.68. The molecular formula is C24H41BrO4Si. The second kappa shape index (κ2) is 9.93. The number of benzene rings is 1. The van der Waals surface area contributed by atoms with Crippen LogP contribution in [0, 0.1) is 11.3 Å². The summed E-state index contributed by atoms with van der Waals surface area (Å²) in [5.41, 5.74) is 1.29. The summed E-state index contributed by atoms with van der Waals surface area (Å²) in [6, 6.07) is 5.95. The van der Waals surface area contributed by atoms with Crippen molar-refractivity contribution in [2.75, 3.05) is 20.8 Å². The molecule has 30 heavy (non-hydrogen) atoms. The van der Waals surface area contributed by atoms with E-state index in [0.29, 0.717) is 24.0 Å². The number of alkyl halides is 1. The average Bonchev–Trinajstić information content (AvgIpc) is 2.65. The van der Waals surface area contributed by atoms with Crippen LogP contribution in [0.15, 0.2) is 18.2 Å². The minimum atomic E-state index is -1.81. The third kappa shape index (κ3) is 6.02. The molecule has 0 spiro atoms. The van der Waals surface area contributed by atoms with Gasteiger partial charge in [0.2, 0.25) is 0 Å². The van der Waals surface area contributed by atoms with E-state index >= 15 is 0 Å². The van der Waals surface area contributed by atoms with E-state index in [1.54, 1.807) is 14.2 Å². The molecule has 0 aliphatic heterocycles. The third-order valence-electron chi connectivity index (χ3n) is 7.08. The molecule has 3 atom stereocenters. The lowest BCUT2D eigenvalue weighted by Crippen LogP contribution is -2.52. The van der Waals surface area contributed by atoms with Crippen LogP contribution in [0.25, 0.3) is 0 Å². The molecule has 0 heterocycles. The van der Waals surface area contributed by atoms with E-state index in [4.69, 9.17) is 18.6 Å². The van der Waals surface area contributed by atoms with Gasteiger partial charge in [-0.1, -0.05) is 56.6 Å². The van der Waals surface area contributed by atoms with Crippen molar-refractivity contribution < 1.29 is 18.6 Å². The zero-order chi connectivity index (χ0) is 22.7. The van der Waals surface area contributed by atoms with Gasteiger partial charge in [0.05, 0.1) is 33.5 Å². The summed E-state index contributed by atoms with van der Waals surface area (Å²) in [6.45, 7) is 17.6. The fourth-order valence-corrected chi connectivity index (χ4v) is 6.63. The summed E-state index contributed by atoms with van der Waals surface area (Å²) in [6.07, 6.45) is 2.49. The summed E-state index contributed by atoms with van der Waals surface area (Å²) in [4.78, 5) is 0.292. The van der Waals surface area contributed by atoms with E-state index in [2.05, 4.69) is 63.6 Å². The van der Waals surface area contributed by atoms with Gasteiger partial charge >= 0.3 is 0 Å². The predicted octanol–water partition coefficient (Wildman–Crippen LogP) is 6.81. The molecule has 1 aromatic carbocycles. The zero-order valence-electron chi connectivity index (χ0n) is 20.3. The molecule has 0 amide bonds. The Morgan fingerprint density at radius 2 is 1.73 bits per heavy atom. The van der Waals surface area contributed by atoms with Crippen molar-refractivity contribution in [1.82, 2.24) is 0 Å². The molecule has 0 radical (unpaired) electrons. The quantitative estimate of drug-likeness (QED) is 0.290. The van der Waals surface area contributed by atoms with Gasteiger partial charge in [0.1, 0.15) is 0 Å². The molecule has 2 unspecified atom stereocenters. The van der Waals surface area contributed by atoms with Gasteiger partial charge in [-0.05, 0) is 54.1 Å². The number of hydrogen-bond donors (Lipinski definition) is 0. The Morgan fingerprint density at radius 3 is 2.30 bits per heavy atom. The van der Waals surface area contributed by atoms with E-state index in [-0.39, 0.29) is 16.6 Å². The van der Waals surface area contributed by atoms with Crippen LogP contribution in [0.1, 0.15) is 53.0 Å². The molecule has 172 valence electrons. The van der Waals surface area contributed by atoms with Crippen molar-refractivity contribution in [1.29, 1.82) is 0 Å². The molecule has 0 N–H and O–H groups in total. The SMILES string of the molecule is COc1ccc(COCC2C(Br)[C@H](O[Si](C)(C)C(C)(C)C)CCC2(C)C)cc1OC. The maximum Gasteiger partial charge on any atom is 0.192 e. The van der Waals surface area contributed by atoms with Crippen molar-refractivity contribution in [2.24, 2.45) is 11.3 Å². The standard InChI is InChI=1S/C24H41BrO4Si/c1-23(2,3)30(8,9)29-20-12-13-24(4,5)18(22(20)25)16-28-15-17-10-11-19(26-6)21(14-17)27-7/h10-11,14,18,20,22H,12-13,15-16H2,1-9H3/t18?,20-,22?/m1/s1. The molecule has 1 saturated carbocycles. The highest BCUT2D eigenvalue weighted by Crippen LogP contribution is 2.47. The molecule has 4 nitrogen and oxygen atoms in total. The van der Waals surface area contributed by atoms with Crippen LogP contribution in [0.4, 0.5) is 0 Å². The van der Waals surface area contributed by atoms with E-state index in [0.717, 1.165) is 29.9 Å². The van der Waals surface area contributed by atoms with Gasteiger partial charge in [-0.25, -0.2) is 0 Å². The number of halogens is 1. The van der Waals surface area contributed by atoms with E-state index in [1.807, 2.05) is 18.2 Å². The van der Waals surface area contributed by atoms with Crippen LogP contribution in [0.5, 0.6) is 11.5 Å². The van der Waals surface area contributed by atoms with Gasteiger partial charge in [-0.2, -0.15) is 0 Å². The highest BCUT2D eigenvalue weighted by Gasteiger charge is 2.47. The summed E-state index contributed by atoms with van der Waals surface area (Å²) < 4.78 is 23.8. The van der Waals surface area contributed by atoms with E-state index < -0.39 is 8.32 Å². The minimum absolute atomic E-state index is 0.207. The van der Waals surface area contributed by atoms with Gasteiger partial charge in [-0.15, -0.1) is 0 Å². The van der Waals surface area contributed by atoms with Crippen LogP contribution >= 0.6 is 15.9 Å². The molecule has 1 fully saturated rings. The van der Waals surface area contributed by atoms with Crippen molar-refractivity contribution in [2.45, 2.75) is 83.1 Å². The topological polar surface area (TPSA) is 36.9 Å². The minimum Gasteiger partial charge on any atom is -0.493 e. The Labute approximate surface area is 193 Å². The van der Waals surface area contributed by atoms with Crippen LogP contribution in [0.2, 0.25) is 18.1 Å². The Kier molecular flexibility index (Phi) is 8.50. The molecule has 2 rings (SSSR count). The van der Waals surface area contributed by atoms with Gasteiger partial charge in [0.15, 0.2) is 19.8 Å². The van der Waals surface area contributed by atoms with Crippen LogP contribution in [-0.2, 0) is 15.8 Å². The highest BCUT2D eigenvalue weighted by atomic mass is 79.9. The first kappa shape index (κ1) is 25.7. The average molecular weight is 502 g/mol. The van der Waals surface area contributed by atoms with Crippen molar-refractivity contribution >= 4 is 24.2 Å². The fraction of sp³-hybridized carbons (Fsp3) is 0.750. The number of methoxy groups -OCH3 is 2. The van der Waals surface area contributed by atoms with Crippen molar-refractivity contribution in [3.63, 3.8) is 0 Å². The molecule has 0 aromatic heterocycles. The summed E-state index contributed by atoms with van der Waals surface area (Å²) >= 11 is 4.03. The second-order valence-corrected chi connectivity index (χ2v) is 16.5. The van der Waals surface area contributed by atoms with Crippen LogP contribution in [0.3, 0.4) is 0 Å². The van der Waals surface area contributed by atoms with Gasteiger partial charge in [0.25, 0.3) is 0 Å². The first-order valence-electron chi connectivity index (χ1n) is 10.9. The summed E-state index contributed by atoms with van der Waals surface area (Å²) in [7, 11) is 1.50. The molecular weight excluding hydrogens is 460 g/mol. The van der Waals surface area contributed by atoms with Crippen molar-refractivity contribution in [3.8, 4) is 11.5 Å². The van der Waals surface area contributed by atoms with Gasteiger partial charge in [-0.3, -0.25) is 0 Å². The predicted molar refractivity (Wildman–Crippen MR) is 130 cm³/mol. The lowest BCUT2D eigenvalue weighted by molar-refractivity contribution is -0.0150.